The third-order valence-corrected chi connectivity index (χ3v) is 1.71. The van der Waals surface area contributed by atoms with Gasteiger partial charge >= 0.3 is 5.95 Å². The molecule has 0 aromatic heterocycles. The second-order valence-electron chi connectivity index (χ2n) is 2.65. The van der Waals surface area contributed by atoms with Crippen molar-refractivity contribution >= 4 is 0 Å². The van der Waals surface area contributed by atoms with E-state index in [4.69, 9.17) is 5.11 Å². The second-order valence-corrected chi connectivity index (χ2v) is 2.65. The maximum absolute atomic E-state index is 8.24. The zero-order valence-electron chi connectivity index (χ0n) is 6.58. The van der Waals surface area contributed by atoms with E-state index in [1.165, 1.54) is 32.1 Å². The first-order valence-corrected chi connectivity index (χ1v) is 4.03. The van der Waals surface area contributed by atoms with Gasteiger partial charge in [0.2, 0.25) is 6.79 Å². The molecule has 0 bridgehead atoms. The predicted molar refractivity (Wildman–Crippen MR) is 40.8 cm³/mol. The fourth-order valence-corrected chi connectivity index (χ4v) is 1.12. The highest BCUT2D eigenvalue weighted by Crippen LogP contribution is 2.15. The molecule has 2 aliphatic rings. The highest BCUT2D eigenvalue weighted by molar-refractivity contribution is 4.74. The van der Waals surface area contributed by atoms with Crippen molar-refractivity contribution < 1.29 is 14.6 Å². The quantitative estimate of drug-likeness (QED) is 0.587. The molecule has 1 aliphatic heterocycles. The van der Waals surface area contributed by atoms with Crippen LogP contribution in [0, 0.1) is 0 Å². The van der Waals surface area contributed by atoms with Gasteiger partial charge in [0.1, 0.15) is 0 Å². The second kappa shape index (κ2) is 4.88. The van der Waals surface area contributed by atoms with E-state index in [9.17, 15) is 0 Å². The topological polar surface area (TPSA) is 38.7 Å². The largest absolute Gasteiger partial charge is 0.479 e. The minimum atomic E-state index is -0.144. The first-order chi connectivity index (χ1) is 5.39. The van der Waals surface area contributed by atoms with Crippen molar-refractivity contribution in [1.82, 2.24) is 0 Å². The maximum Gasteiger partial charge on any atom is 0.316 e. The smallest absolute Gasteiger partial charge is 0.316 e. The molecule has 0 atom stereocenters. The third-order valence-electron chi connectivity index (χ3n) is 1.71. The van der Waals surface area contributed by atoms with Gasteiger partial charge in [0.05, 0.1) is 0 Å². The summed E-state index contributed by atoms with van der Waals surface area (Å²) < 4.78 is 8.77. The summed E-state index contributed by atoms with van der Waals surface area (Å²) in [4.78, 5) is 0. The Morgan fingerprint density at radius 1 is 1.09 bits per heavy atom. The van der Waals surface area contributed by atoms with E-state index >= 15 is 0 Å². The van der Waals surface area contributed by atoms with Gasteiger partial charge in [0.25, 0.3) is 0 Å². The van der Waals surface area contributed by atoms with Gasteiger partial charge in [-0.05, 0) is 0 Å². The van der Waals surface area contributed by atoms with Crippen LogP contribution in [0.25, 0.3) is 0 Å². The predicted octanol–water partition coefficient (Wildman–Crippen LogP) is 2.30. The Balaban J connectivity index is 0.000000112. The monoisotopic (exact) mass is 158 g/mol. The molecule has 11 heavy (non-hydrogen) atoms. The summed E-state index contributed by atoms with van der Waals surface area (Å²) in [5.41, 5.74) is 0. The average Bonchev–Trinajstić information content (AvgIpc) is 2.57. The molecule has 0 amide bonds. The lowest BCUT2D eigenvalue weighted by molar-refractivity contribution is 0.0377. The van der Waals surface area contributed by atoms with Crippen LogP contribution in [0.3, 0.4) is 0 Å². The van der Waals surface area contributed by atoms with Crippen LogP contribution < -0.4 is 0 Å². The van der Waals surface area contributed by atoms with Gasteiger partial charge in [-0.3, -0.25) is 0 Å². The molecule has 1 N–H and O–H groups in total. The van der Waals surface area contributed by atoms with Crippen LogP contribution >= 0.6 is 0 Å². The number of hydrogen-bond donors (Lipinski definition) is 1. The summed E-state index contributed by atoms with van der Waals surface area (Å²) >= 11 is 0. The van der Waals surface area contributed by atoms with Crippen LogP contribution in [0.4, 0.5) is 0 Å². The third kappa shape index (κ3) is 3.75. The summed E-state index contributed by atoms with van der Waals surface area (Å²) in [6.45, 7) is 0.145. The standard InChI is InChI=1S/C5H10.C3H4O3/c1-2-4-5-3-1;4-3-1-5-2-6-3/h1-5H2;1,4H,2H2. The molecular formula is C8H14O3. The summed E-state index contributed by atoms with van der Waals surface area (Å²) in [5, 5.41) is 8.24. The molecule has 1 fully saturated rings. The highest BCUT2D eigenvalue weighted by Gasteiger charge is 1.98. The average molecular weight is 158 g/mol. The highest BCUT2D eigenvalue weighted by atomic mass is 16.7. The fraction of sp³-hybridized carbons (Fsp3) is 0.750. The van der Waals surface area contributed by atoms with Crippen LogP contribution in [-0.2, 0) is 9.47 Å². The van der Waals surface area contributed by atoms with Crippen molar-refractivity contribution in [1.29, 1.82) is 0 Å². The number of aliphatic hydroxyl groups excluding tert-OH is 1. The van der Waals surface area contributed by atoms with Crippen molar-refractivity contribution in [3.8, 4) is 0 Å². The Bertz CT molecular complexity index is 120. The number of ether oxygens (including phenoxy) is 2. The van der Waals surface area contributed by atoms with Crippen molar-refractivity contribution in [2.24, 2.45) is 0 Å². The first-order valence-electron chi connectivity index (χ1n) is 4.03. The molecule has 0 aromatic rings. The van der Waals surface area contributed by atoms with Gasteiger partial charge in [-0.15, -0.1) is 0 Å². The molecule has 2 rings (SSSR count). The van der Waals surface area contributed by atoms with Gasteiger partial charge in [-0.1, -0.05) is 32.1 Å². The zero-order chi connectivity index (χ0) is 7.94. The molecule has 0 spiro atoms. The van der Waals surface area contributed by atoms with Gasteiger partial charge in [-0.2, -0.15) is 0 Å². The zero-order valence-corrected chi connectivity index (χ0v) is 6.58. The van der Waals surface area contributed by atoms with E-state index < -0.39 is 0 Å². The SMILES string of the molecule is C1CCCC1.OC1=COCO1. The van der Waals surface area contributed by atoms with E-state index in [0.29, 0.717) is 0 Å². The molecule has 0 aromatic carbocycles. The van der Waals surface area contributed by atoms with E-state index in [1.807, 2.05) is 0 Å². The van der Waals surface area contributed by atoms with Crippen molar-refractivity contribution in [3.05, 3.63) is 12.2 Å². The molecular weight excluding hydrogens is 144 g/mol. The van der Waals surface area contributed by atoms with Crippen molar-refractivity contribution in [3.63, 3.8) is 0 Å². The Morgan fingerprint density at radius 3 is 1.82 bits per heavy atom. The summed E-state index contributed by atoms with van der Waals surface area (Å²) in [7, 11) is 0. The van der Waals surface area contributed by atoms with Gasteiger partial charge < -0.3 is 14.6 Å². The fourth-order valence-electron chi connectivity index (χ4n) is 1.12. The van der Waals surface area contributed by atoms with E-state index in [2.05, 4.69) is 9.47 Å². The van der Waals surface area contributed by atoms with Crippen molar-refractivity contribution in [2.45, 2.75) is 32.1 Å². The lowest BCUT2D eigenvalue weighted by atomic mass is 10.4. The molecule has 3 nitrogen and oxygen atoms in total. The van der Waals surface area contributed by atoms with Gasteiger partial charge in [-0.25, -0.2) is 0 Å². The van der Waals surface area contributed by atoms with Crippen LogP contribution in [0.15, 0.2) is 12.2 Å². The molecule has 64 valence electrons. The molecule has 1 heterocycles. The summed E-state index contributed by atoms with van der Waals surface area (Å²) in [6.07, 6.45) is 8.65. The molecule has 1 aliphatic carbocycles. The van der Waals surface area contributed by atoms with Crippen LogP contribution in [-0.4, -0.2) is 11.9 Å². The number of aliphatic hydroxyl groups is 1. The minimum absolute atomic E-state index is 0.144. The Morgan fingerprint density at radius 2 is 1.64 bits per heavy atom. The lowest BCUT2D eigenvalue weighted by Gasteiger charge is -1.85. The molecule has 1 saturated carbocycles. The maximum atomic E-state index is 8.24. The normalized spacial score (nSPS) is 20.9. The molecule has 3 heteroatoms. The number of rotatable bonds is 0. The molecule has 0 saturated heterocycles. The Labute approximate surface area is 66.6 Å². The van der Waals surface area contributed by atoms with E-state index in [-0.39, 0.29) is 12.7 Å². The summed E-state index contributed by atoms with van der Waals surface area (Å²) in [5.74, 6) is -0.144. The minimum Gasteiger partial charge on any atom is -0.479 e. The first kappa shape index (κ1) is 8.24. The van der Waals surface area contributed by atoms with E-state index in [1.54, 1.807) is 0 Å². The van der Waals surface area contributed by atoms with Crippen molar-refractivity contribution in [2.75, 3.05) is 6.79 Å². The Hall–Kier alpha value is -0.860. The van der Waals surface area contributed by atoms with Crippen LogP contribution in [0.5, 0.6) is 0 Å². The molecule has 0 radical (unpaired) electrons. The lowest BCUT2D eigenvalue weighted by Crippen LogP contribution is -1.81. The number of hydrogen-bond acceptors (Lipinski definition) is 3. The van der Waals surface area contributed by atoms with Crippen LogP contribution in [0.2, 0.25) is 0 Å². The van der Waals surface area contributed by atoms with Gasteiger partial charge in [0.15, 0.2) is 6.26 Å². The Kier molecular flexibility index (Phi) is 3.65. The van der Waals surface area contributed by atoms with Crippen LogP contribution in [0.1, 0.15) is 32.1 Å². The molecule has 0 unspecified atom stereocenters. The van der Waals surface area contributed by atoms with E-state index in [0.717, 1.165) is 6.26 Å². The summed E-state index contributed by atoms with van der Waals surface area (Å²) in [6, 6.07) is 0. The van der Waals surface area contributed by atoms with Gasteiger partial charge in [0, 0.05) is 0 Å².